The van der Waals surface area contributed by atoms with Crippen LogP contribution in [0.2, 0.25) is 0 Å². The van der Waals surface area contributed by atoms with Gasteiger partial charge in [-0.2, -0.15) is 0 Å². The number of halogens is 1. The number of nitrogens with two attached hydrogens (primary N) is 1. The number of ether oxygens (including phenoxy) is 3. The zero-order chi connectivity index (χ0) is 27.3. The second-order valence-corrected chi connectivity index (χ2v) is 8.71. The summed E-state index contributed by atoms with van der Waals surface area (Å²) in [7, 11) is 3.15. The minimum absolute atomic E-state index is 0.0204. The number of alkyl halides is 1. The number of benzene rings is 1. The number of amides is 1. The lowest BCUT2D eigenvalue weighted by molar-refractivity contribution is -0.112. The molecule has 200 valence electrons. The van der Waals surface area contributed by atoms with E-state index in [1.165, 1.54) is 18.3 Å². The highest BCUT2D eigenvalue weighted by Gasteiger charge is 2.13. The van der Waals surface area contributed by atoms with Crippen molar-refractivity contribution in [1.82, 2.24) is 10.3 Å². The van der Waals surface area contributed by atoms with E-state index in [0.29, 0.717) is 35.9 Å². The molecule has 0 bridgehead atoms. The SMILES string of the molecule is COc1ccc(/C2=C/C=C\CCC(C=C(N)C(=O)Nc3ccc(C(=O)OCCNCI)cn3)=N2)cc1OC. The van der Waals surface area contributed by atoms with E-state index >= 15 is 0 Å². The summed E-state index contributed by atoms with van der Waals surface area (Å²) in [5.41, 5.74) is 8.52. The molecule has 11 heteroatoms. The van der Waals surface area contributed by atoms with Gasteiger partial charge in [0.15, 0.2) is 11.5 Å². The van der Waals surface area contributed by atoms with Crippen molar-refractivity contribution in [2.24, 2.45) is 10.7 Å². The van der Waals surface area contributed by atoms with Crippen molar-refractivity contribution >= 4 is 51.7 Å². The fourth-order valence-electron chi connectivity index (χ4n) is 3.38. The summed E-state index contributed by atoms with van der Waals surface area (Å²) >= 11 is 2.17. The number of nitrogens with one attached hydrogen (secondary N) is 2. The summed E-state index contributed by atoms with van der Waals surface area (Å²) in [5, 5.41) is 5.69. The van der Waals surface area contributed by atoms with Crippen LogP contribution in [0.3, 0.4) is 0 Å². The second-order valence-electron chi connectivity index (χ2n) is 7.95. The van der Waals surface area contributed by atoms with Crippen molar-refractivity contribution in [3.05, 3.63) is 77.7 Å². The van der Waals surface area contributed by atoms with Crippen LogP contribution in [0.4, 0.5) is 5.82 Å². The van der Waals surface area contributed by atoms with E-state index < -0.39 is 11.9 Å². The Balaban J connectivity index is 1.70. The van der Waals surface area contributed by atoms with E-state index in [4.69, 9.17) is 24.9 Å². The van der Waals surface area contributed by atoms with Gasteiger partial charge in [-0.15, -0.1) is 0 Å². The standard InChI is InChI=1S/C27H30IN5O5/c1-36-23-10-8-18(14-24(23)37-2)22-7-5-3-4-6-20(32-22)15-21(29)26(34)33-25-11-9-19(16-31-25)27(35)38-13-12-30-17-28/h3,5,7-11,14-16,30H,4,6,12-13,17,29H2,1-2H3,(H,31,33,34)/b5-3-,21-15?,22-7-,32-20?. The third kappa shape index (κ3) is 8.42. The third-order valence-corrected chi connectivity index (χ3v) is 5.87. The van der Waals surface area contributed by atoms with Crippen molar-refractivity contribution in [1.29, 1.82) is 0 Å². The number of aromatic nitrogens is 1. The molecule has 2 aromatic rings. The Hall–Kier alpha value is -3.71. The first-order valence-corrected chi connectivity index (χ1v) is 13.3. The van der Waals surface area contributed by atoms with Gasteiger partial charge in [0.05, 0.1) is 31.2 Å². The van der Waals surface area contributed by atoms with Gasteiger partial charge >= 0.3 is 5.97 Å². The minimum Gasteiger partial charge on any atom is -0.493 e. The van der Waals surface area contributed by atoms with Gasteiger partial charge < -0.3 is 30.6 Å². The van der Waals surface area contributed by atoms with Crippen molar-refractivity contribution in [3.8, 4) is 11.5 Å². The lowest BCUT2D eigenvalue weighted by Gasteiger charge is -2.12. The van der Waals surface area contributed by atoms with Crippen LogP contribution in [0.15, 0.2) is 71.5 Å². The van der Waals surface area contributed by atoms with Crippen LogP contribution < -0.4 is 25.8 Å². The smallest absolute Gasteiger partial charge is 0.339 e. The fourth-order valence-corrected chi connectivity index (χ4v) is 3.76. The predicted molar refractivity (Wildman–Crippen MR) is 156 cm³/mol. The van der Waals surface area contributed by atoms with E-state index in [2.05, 4.69) is 38.2 Å². The normalized spacial score (nSPS) is 15.7. The molecule has 38 heavy (non-hydrogen) atoms. The van der Waals surface area contributed by atoms with Crippen LogP contribution in [0.1, 0.15) is 28.8 Å². The van der Waals surface area contributed by atoms with Crippen molar-refractivity contribution < 1.29 is 23.8 Å². The Kier molecular flexibility index (Phi) is 11.3. The topological polar surface area (TPSA) is 137 Å². The minimum atomic E-state index is -0.533. The van der Waals surface area contributed by atoms with Gasteiger partial charge in [-0.3, -0.25) is 9.79 Å². The van der Waals surface area contributed by atoms with E-state index in [1.807, 2.05) is 36.4 Å². The summed E-state index contributed by atoms with van der Waals surface area (Å²) < 4.78 is 16.7. The Labute approximate surface area is 235 Å². The lowest BCUT2D eigenvalue weighted by Crippen LogP contribution is -2.22. The van der Waals surface area contributed by atoms with Gasteiger partial charge in [0, 0.05) is 28.6 Å². The number of hydrogen-bond donors (Lipinski definition) is 3. The van der Waals surface area contributed by atoms with Gasteiger partial charge in [-0.05, 0) is 55.3 Å². The molecule has 0 atom stereocenters. The number of methoxy groups -OCH3 is 2. The Morgan fingerprint density at radius 1 is 1.16 bits per heavy atom. The first kappa shape index (κ1) is 28.9. The average molecular weight is 631 g/mol. The molecule has 10 nitrogen and oxygen atoms in total. The molecule has 0 aliphatic carbocycles. The largest absolute Gasteiger partial charge is 0.493 e. The molecule has 0 radical (unpaired) electrons. The predicted octanol–water partition coefficient (Wildman–Crippen LogP) is 3.85. The summed E-state index contributed by atoms with van der Waals surface area (Å²) in [5.74, 6) is 0.436. The van der Waals surface area contributed by atoms with Gasteiger partial charge in [-0.1, -0.05) is 34.7 Å². The molecule has 0 saturated carbocycles. The maximum Gasteiger partial charge on any atom is 0.339 e. The van der Waals surface area contributed by atoms with Crippen LogP contribution >= 0.6 is 22.6 Å². The fraction of sp³-hybridized carbons (Fsp3) is 0.259. The van der Waals surface area contributed by atoms with E-state index in [9.17, 15) is 9.59 Å². The number of carbonyl (C=O) groups excluding carboxylic acids is 2. The van der Waals surface area contributed by atoms with Gasteiger partial charge in [0.1, 0.15) is 12.4 Å². The highest BCUT2D eigenvalue weighted by Crippen LogP contribution is 2.31. The van der Waals surface area contributed by atoms with Gasteiger partial charge in [-0.25, -0.2) is 9.78 Å². The van der Waals surface area contributed by atoms with Crippen molar-refractivity contribution in [3.63, 3.8) is 0 Å². The van der Waals surface area contributed by atoms with Crippen LogP contribution in [0.5, 0.6) is 11.5 Å². The van der Waals surface area contributed by atoms with E-state index in [-0.39, 0.29) is 23.7 Å². The first-order valence-electron chi connectivity index (χ1n) is 11.8. The number of hydrogen-bond acceptors (Lipinski definition) is 9. The monoisotopic (exact) mass is 631 g/mol. The second kappa shape index (κ2) is 14.9. The maximum absolute atomic E-state index is 12.7. The highest BCUT2D eigenvalue weighted by molar-refractivity contribution is 14.1. The van der Waals surface area contributed by atoms with Gasteiger partial charge in [0.2, 0.25) is 0 Å². The molecule has 4 N–H and O–H groups in total. The highest BCUT2D eigenvalue weighted by atomic mass is 127. The molecule has 2 heterocycles. The number of aliphatic imine (C=N–C) groups is 1. The molecule has 0 saturated heterocycles. The molecule has 3 rings (SSSR count). The molecule has 1 amide bonds. The summed E-state index contributed by atoms with van der Waals surface area (Å²) in [6, 6.07) is 8.58. The zero-order valence-electron chi connectivity index (χ0n) is 21.2. The number of carbonyl (C=O) groups is 2. The molecule has 1 aliphatic rings. The number of rotatable bonds is 11. The molecule has 1 aromatic heterocycles. The lowest BCUT2D eigenvalue weighted by atomic mass is 10.1. The molecule has 0 spiro atoms. The molecule has 0 fully saturated rings. The van der Waals surface area contributed by atoms with Crippen LogP contribution in [0, 0.1) is 0 Å². The van der Waals surface area contributed by atoms with E-state index in [0.717, 1.165) is 16.5 Å². The summed E-state index contributed by atoms with van der Waals surface area (Å²) in [6.45, 7) is 0.819. The number of pyridine rings is 1. The number of anilines is 1. The molecule has 1 aromatic carbocycles. The molecule has 1 aliphatic heterocycles. The van der Waals surface area contributed by atoms with Crippen molar-refractivity contribution in [2.45, 2.75) is 12.8 Å². The van der Waals surface area contributed by atoms with Gasteiger partial charge in [0.25, 0.3) is 5.91 Å². The average Bonchev–Trinajstić information content (AvgIpc) is 2.92. The summed E-state index contributed by atoms with van der Waals surface area (Å²) in [6.07, 6.45) is 10.1. The van der Waals surface area contributed by atoms with E-state index in [1.54, 1.807) is 20.3 Å². The maximum atomic E-state index is 12.7. The number of allylic oxidation sites excluding steroid dienone is 4. The summed E-state index contributed by atoms with van der Waals surface area (Å²) in [4.78, 5) is 33.7. The molecular formula is C27H30IN5O5. The Bertz CT molecular complexity index is 1260. The number of esters is 1. The first-order chi connectivity index (χ1) is 18.4. The quantitative estimate of drug-likeness (QED) is 0.0850. The van der Waals surface area contributed by atoms with Crippen LogP contribution in [-0.2, 0) is 9.53 Å². The van der Waals surface area contributed by atoms with Crippen molar-refractivity contribution in [2.75, 3.05) is 37.2 Å². The van der Waals surface area contributed by atoms with Crippen LogP contribution in [-0.4, -0.2) is 54.5 Å². The third-order valence-electron chi connectivity index (χ3n) is 5.33. The molecule has 0 unspecified atom stereocenters. The number of nitrogens with zero attached hydrogens (tertiary/aromatic N) is 2. The Morgan fingerprint density at radius 2 is 1.97 bits per heavy atom. The molecular weight excluding hydrogens is 601 g/mol. The Morgan fingerprint density at radius 3 is 2.68 bits per heavy atom. The zero-order valence-corrected chi connectivity index (χ0v) is 23.4. The van der Waals surface area contributed by atoms with Crippen LogP contribution in [0.25, 0.3) is 5.70 Å².